The van der Waals surface area contributed by atoms with E-state index in [0.717, 1.165) is 6.26 Å². The molecular weight excluding hydrogens is 515 g/mol. The fourth-order valence-corrected chi connectivity index (χ4v) is 3.85. The molecule has 0 aromatic heterocycles. The summed E-state index contributed by atoms with van der Waals surface area (Å²) in [6.07, 6.45) is 1.12. The zero-order chi connectivity index (χ0) is 25.6. The monoisotopic (exact) mass is 538 g/mol. The molecule has 8 nitrogen and oxygen atoms in total. The lowest BCUT2D eigenvalue weighted by Crippen LogP contribution is -2.14. The molecule has 0 aliphatic carbocycles. The van der Waals surface area contributed by atoms with E-state index in [1.54, 1.807) is 54.6 Å². The van der Waals surface area contributed by atoms with Crippen molar-refractivity contribution in [2.75, 3.05) is 37.0 Å². The first-order valence-electron chi connectivity index (χ1n) is 10.3. The molecule has 0 radical (unpaired) electrons. The molecule has 3 aromatic rings. The molecule has 0 heterocycles. The summed E-state index contributed by atoms with van der Waals surface area (Å²) in [6, 6.07) is 14.6. The topological polar surface area (TPSA) is 103 Å². The number of methoxy groups -OCH3 is 2. The van der Waals surface area contributed by atoms with Gasteiger partial charge in [0.2, 0.25) is 0 Å². The maximum atomic E-state index is 12.8. The third kappa shape index (κ3) is 7.42. The number of hydrogen-bond acceptors (Lipinski definition) is 7. The van der Waals surface area contributed by atoms with Gasteiger partial charge in [-0.15, -0.1) is 0 Å². The molecule has 3 aromatic carbocycles. The Kier molecular flexibility index (Phi) is 8.71. The van der Waals surface area contributed by atoms with Gasteiger partial charge in [0, 0.05) is 39.2 Å². The van der Waals surface area contributed by atoms with Crippen molar-refractivity contribution in [2.45, 2.75) is 6.61 Å². The van der Waals surface area contributed by atoms with Crippen LogP contribution in [0.5, 0.6) is 17.2 Å². The number of benzene rings is 3. The number of hydrogen-bond donors (Lipinski definition) is 2. The standard InChI is InChI=1S/C24H24Cl2N2O6S/c1-32-21-9-4-15(11-23(21)33-2)24(29)28-18-6-8-20(27-14-35(3,30)31)22(12-18)34-13-16-10-17(25)5-7-19(16)26/h4-12,27H,13-14H2,1-3H3,(H,28,29). The van der Waals surface area contributed by atoms with E-state index in [-0.39, 0.29) is 18.4 Å². The summed E-state index contributed by atoms with van der Waals surface area (Å²) < 4.78 is 39.7. The van der Waals surface area contributed by atoms with Crippen molar-refractivity contribution >= 4 is 50.3 Å². The lowest BCUT2D eigenvalue weighted by molar-refractivity contribution is 0.102. The van der Waals surface area contributed by atoms with Crippen molar-refractivity contribution in [3.05, 3.63) is 75.8 Å². The predicted octanol–water partition coefficient (Wildman–Crippen LogP) is 5.26. The van der Waals surface area contributed by atoms with Crippen LogP contribution in [0.25, 0.3) is 0 Å². The van der Waals surface area contributed by atoms with Crippen LogP contribution in [0.3, 0.4) is 0 Å². The van der Waals surface area contributed by atoms with Crippen molar-refractivity contribution in [1.29, 1.82) is 0 Å². The quantitative estimate of drug-likeness (QED) is 0.363. The summed E-state index contributed by atoms with van der Waals surface area (Å²) in [5, 5.41) is 6.61. The van der Waals surface area contributed by atoms with Crippen LogP contribution in [0.2, 0.25) is 10.0 Å². The second-order valence-corrected chi connectivity index (χ2v) is 10.5. The van der Waals surface area contributed by atoms with Crippen LogP contribution in [-0.4, -0.2) is 40.7 Å². The summed E-state index contributed by atoms with van der Waals surface area (Å²) in [7, 11) is -0.300. The van der Waals surface area contributed by atoms with Crippen LogP contribution in [0.1, 0.15) is 15.9 Å². The minimum absolute atomic E-state index is 0.0695. The molecule has 11 heteroatoms. The minimum atomic E-state index is -3.29. The van der Waals surface area contributed by atoms with Crippen molar-refractivity contribution in [3.8, 4) is 17.2 Å². The molecule has 0 atom stereocenters. The molecule has 0 saturated carbocycles. The van der Waals surface area contributed by atoms with E-state index in [9.17, 15) is 13.2 Å². The largest absolute Gasteiger partial charge is 0.493 e. The van der Waals surface area contributed by atoms with Crippen molar-refractivity contribution in [3.63, 3.8) is 0 Å². The third-order valence-electron chi connectivity index (χ3n) is 4.80. The molecule has 1 amide bonds. The maximum absolute atomic E-state index is 12.8. The van der Waals surface area contributed by atoms with E-state index in [2.05, 4.69) is 10.6 Å². The van der Waals surface area contributed by atoms with Gasteiger partial charge in [0.15, 0.2) is 21.3 Å². The highest BCUT2D eigenvalue weighted by Crippen LogP contribution is 2.32. The average Bonchev–Trinajstić information content (AvgIpc) is 2.82. The summed E-state index contributed by atoms with van der Waals surface area (Å²) in [5.74, 6) is 0.559. The lowest BCUT2D eigenvalue weighted by atomic mass is 10.1. The normalized spacial score (nSPS) is 11.0. The highest BCUT2D eigenvalue weighted by molar-refractivity contribution is 7.90. The first-order valence-corrected chi connectivity index (χ1v) is 13.1. The van der Waals surface area contributed by atoms with E-state index in [1.807, 2.05) is 0 Å². The second kappa shape index (κ2) is 11.5. The molecule has 0 spiro atoms. The van der Waals surface area contributed by atoms with Gasteiger partial charge in [-0.25, -0.2) is 8.42 Å². The van der Waals surface area contributed by atoms with Gasteiger partial charge in [0.25, 0.3) is 5.91 Å². The van der Waals surface area contributed by atoms with Crippen molar-refractivity contribution in [2.24, 2.45) is 0 Å². The fraction of sp³-hybridized carbons (Fsp3) is 0.208. The molecule has 0 aliphatic heterocycles. The summed E-state index contributed by atoms with van der Waals surface area (Å²) in [4.78, 5) is 12.8. The van der Waals surface area contributed by atoms with Gasteiger partial charge in [-0.2, -0.15) is 0 Å². The van der Waals surface area contributed by atoms with Crippen molar-refractivity contribution < 1.29 is 27.4 Å². The SMILES string of the molecule is COc1ccc(C(=O)Nc2ccc(NCS(C)(=O)=O)c(OCc3cc(Cl)ccc3Cl)c2)cc1OC. The lowest BCUT2D eigenvalue weighted by Gasteiger charge is -2.16. The van der Waals surface area contributed by atoms with Gasteiger partial charge >= 0.3 is 0 Å². The van der Waals surface area contributed by atoms with Gasteiger partial charge in [0.05, 0.1) is 19.9 Å². The Bertz CT molecular complexity index is 1330. The molecule has 0 unspecified atom stereocenters. The number of amides is 1. The number of carbonyl (C=O) groups excluding carboxylic acids is 1. The molecule has 3 rings (SSSR count). The Morgan fingerprint density at radius 1 is 0.914 bits per heavy atom. The minimum Gasteiger partial charge on any atom is -0.493 e. The molecule has 186 valence electrons. The first kappa shape index (κ1) is 26.5. The van der Waals surface area contributed by atoms with Gasteiger partial charge in [-0.3, -0.25) is 4.79 Å². The highest BCUT2D eigenvalue weighted by Gasteiger charge is 2.14. The van der Waals surface area contributed by atoms with Crippen LogP contribution >= 0.6 is 23.2 Å². The molecule has 2 N–H and O–H groups in total. The fourth-order valence-electron chi connectivity index (χ4n) is 3.06. The Hall–Kier alpha value is -3.14. The van der Waals surface area contributed by atoms with Crippen LogP contribution in [0.4, 0.5) is 11.4 Å². The smallest absolute Gasteiger partial charge is 0.255 e. The number of anilines is 2. The van der Waals surface area contributed by atoms with Gasteiger partial charge in [-0.05, 0) is 48.5 Å². The Labute approximate surface area is 214 Å². The highest BCUT2D eigenvalue weighted by atomic mass is 35.5. The van der Waals surface area contributed by atoms with E-state index in [4.69, 9.17) is 37.4 Å². The van der Waals surface area contributed by atoms with E-state index < -0.39 is 9.84 Å². The third-order valence-corrected chi connectivity index (χ3v) is 6.07. The molecule has 0 aliphatic rings. The zero-order valence-corrected chi connectivity index (χ0v) is 21.6. The molecular formula is C24H24Cl2N2O6S. The Morgan fingerprint density at radius 3 is 2.34 bits per heavy atom. The zero-order valence-electron chi connectivity index (χ0n) is 19.2. The van der Waals surface area contributed by atoms with Crippen LogP contribution in [0.15, 0.2) is 54.6 Å². The summed E-state index contributed by atoms with van der Waals surface area (Å²) in [5.41, 5.74) is 1.86. The van der Waals surface area contributed by atoms with Gasteiger partial charge in [0.1, 0.15) is 18.2 Å². The molecule has 0 bridgehead atoms. The average molecular weight is 539 g/mol. The van der Waals surface area contributed by atoms with Gasteiger partial charge in [-0.1, -0.05) is 23.2 Å². The number of rotatable bonds is 10. The predicted molar refractivity (Wildman–Crippen MR) is 138 cm³/mol. The van der Waals surface area contributed by atoms with Crippen molar-refractivity contribution in [1.82, 2.24) is 0 Å². The van der Waals surface area contributed by atoms with Crippen LogP contribution < -0.4 is 24.8 Å². The van der Waals surface area contributed by atoms with E-state index >= 15 is 0 Å². The van der Waals surface area contributed by atoms with Crippen LogP contribution in [0, 0.1) is 0 Å². The first-order chi connectivity index (χ1) is 16.6. The van der Waals surface area contributed by atoms with Gasteiger partial charge < -0.3 is 24.8 Å². The van der Waals surface area contributed by atoms with E-state index in [0.29, 0.717) is 49.8 Å². The summed E-state index contributed by atoms with van der Waals surface area (Å²) >= 11 is 12.3. The number of carbonyl (C=O) groups is 1. The summed E-state index contributed by atoms with van der Waals surface area (Å²) in [6.45, 7) is 0.0695. The number of ether oxygens (including phenoxy) is 3. The second-order valence-electron chi connectivity index (χ2n) is 7.51. The molecule has 35 heavy (non-hydrogen) atoms. The van der Waals surface area contributed by atoms with E-state index in [1.165, 1.54) is 14.2 Å². The maximum Gasteiger partial charge on any atom is 0.255 e. The molecule has 0 fully saturated rings. The number of sulfone groups is 1. The molecule has 0 saturated heterocycles. The number of halogens is 2. The van der Waals surface area contributed by atoms with Crippen LogP contribution in [-0.2, 0) is 16.4 Å². The number of nitrogens with one attached hydrogen (secondary N) is 2. The Balaban J connectivity index is 1.85. The Morgan fingerprint density at radius 2 is 1.66 bits per heavy atom.